The summed E-state index contributed by atoms with van der Waals surface area (Å²) >= 11 is 0. The summed E-state index contributed by atoms with van der Waals surface area (Å²) in [7, 11) is 3.11. The number of carbonyl (C=O) groups is 4. The summed E-state index contributed by atoms with van der Waals surface area (Å²) in [5, 5.41) is 2.71. The Morgan fingerprint density at radius 1 is 1.18 bits per heavy atom. The van der Waals surface area contributed by atoms with Crippen molar-refractivity contribution in [2.45, 2.75) is 45.4 Å². The van der Waals surface area contributed by atoms with Gasteiger partial charge in [0.1, 0.15) is 5.78 Å². The second-order valence-corrected chi connectivity index (χ2v) is 6.17. The number of imide groups is 1. The molecule has 0 radical (unpaired) electrons. The third-order valence-corrected chi connectivity index (χ3v) is 5.23. The van der Waals surface area contributed by atoms with Crippen LogP contribution in [0, 0.1) is 5.92 Å². The standard InChI is InChI=1S/C14H22N4O4/c1-7-9(8(2)19)10(20)18-12(22)17(6)14(4)13(18,3)15-11(21)16(14)5/h9H,7H2,1-6H3,(H,15,21)/t9?,13-,14+/m0/s1. The number of ketones is 1. The minimum atomic E-state index is -1.23. The van der Waals surface area contributed by atoms with E-state index >= 15 is 0 Å². The van der Waals surface area contributed by atoms with Gasteiger partial charge in [-0.3, -0.25) is 9.59 Å². The summed E-state index contributed by atoms with van der Waals surface area (Å²) < 4.78 is 0. The molecule has 0 aromatic rings. The first-order valence-electron chi connectivity index (χ1n) is 7.22. The first-order chi connectivity index (χ1) is 10.0. The number of fused-ring (bicyclic) bond motifs is 1. The SMILES string of the molecule is CCC(C(C)=O)C(=O)N1C(=O)N(C)[C@@]2(C)N(C)C(=O)N[C@@]12C. The number of rotatable bonds is 3. The first kappa shape index (κ1) is 16.3. The summed E-state index contributed by atoms with van der Waals surface area (Å²) in [6, 6.07) is -0.903. The Hall–Kier alpha value is -2.12. The van der Waals surface area contributed by atoms with Crippen LogP contribution < -0.4 is 5.32 Å². The normalized spacial score (nSPS) is 32.2. The topological polar surface area (TPSA) is 90.0 Å². The number of carbonyl (C=O) groups excluding carboxylic acids is 4. The molecular formula is C14H22N4O4. The molecule has 2 saturated heterocycles. The van der Waals surface area contributed by atoms with Gasteiger partial charge in [-0.1, -0.05) is 6.92 Å². The van der Waals surface area contributed by atoms with Crippen LogP contribution in [-0.2, 0) is 9.59 Å². The van der Waals surface area contributed by atoms with Crippen LogP contribution in [-0.4, -0.2) is 63.9 Å². The van der Waals surface area contributed by atoms with Crippen molar-refractivity contribution in [3.8, 4) is 0 Å². The van der Waals surface area contributed by atoms with E-state index < -0.39 is 29.2 Å². The van der Waals surface area contributed by atoms with E-state index in [-0.39, 0.29) is 11.8 Å². The third kappa shape index (κ3) is 1.63. The lowest BCUT2D eigenvalue weighted by Crippen LogP contribution is -2.64. The fraction of sp³-hybridized carbons (Fsp3) is 0.714. The maximum absolute atomic E-state index is 12.8. The van der Waals surface area contributed by atoms with Crippen LogP contribution in [0.4, 0.5) is 9.59 Å². The van der Waals surface area contributed by atoms with Crippen molar-refractivity contribution < 1.29 is 19.2 Å². The van der Waals surface area contributed by atoms with Gasteiger partial charge in [-0.2, -0.15) is 0 Å². The average molecular weight is 310 g/mol. The Bertz CT molecular complexity index is 577. The van der Waals surface area contributed by atoms with E-state index in [0.29, 0.717) is 6.42 Å². The van der Waals surface area contributed by atoms with Gasteiger partial charge in [-0.05, 0) is 27.2 Å². The van der Waals surface area contributed by atoms with Crippen LogP contribution in [0.3, 0.4) is 0 Å². The van der Waals surface area contributed by atoms with Crippen LogP contribution >= 0.6 is 0 Å². The van der Waals surface area contributed by atoms with Gasteiger partial charge in [0, 0.05) is 14.1 Å². The van der Waals surface area contributed by atoms with Crippen molar-refractivity contribution in [1.82, 2.24) is 20.0 Å². The van der Waals surface area contributed by atoms with Crippen molar-refractivity contribution in [2.24, 2.45) is 5.92 Å². The summed E-state index contributed by atoms with van der Waals surface area (Å²) in [6.07, 6.45) is 0.304. The molecule has 0 bridgehead atoms. The minimum Gasteiger partial charge on any atom is -0.311 e. The molecule has 0 spiro atoms. The molecule has 2 aliphatic heterocycles. The van der Waals surface area contributed by atoms with Crippen molar-refractivity contribution in [3.63, 3.8) is 0 Å². The Kier molecular flexibility index (Phi) is 3.46. The molecule has 0 aromatic carbocycles. The molecule has 8 nitrogen and oxygen atoms in total. The summed E-state index contributed by atoms with van der Waals surface area (Å²) in [4.78, 5) is 52.9. The molecule has 122 valence electrons. The molecule has 2 heterocycles. The monoisotopic (exact) mass is 310 g/mol. The zero-order valence-electron chi connectivity index (χ0n) is 13.8. The summed E-state index contributed by atoms with van der Waals surface area (Å²) in [6.45, 7) is 6.39. The molecule has 22 heavy (non-hydrogen) atoms. The van der Waals surface area contributed by atoms with Crippen LogP contribution in [0.5, 0.6) is 0 Å². The van der Waals surface area contributed by atoms with Gasteiger partial charge in [-0.25, -0.2) is 14.5 Å². The highest BCUT2D eigenvalue weighted by molar-refractivity contribution is 6.08. The summed E-state index contributed by atoms with van der Waals surface area (Å²) in [5.41, 5.74) is -2.25. The fourth-order valence-electron chi connectivity index (χ4n) is 3.39. The minimum absolute atomic E-state index is 0.294. The van der Waals surface area contributed by atoms with Gasteiger partial charge < -0.3 is 15.1 Å². The molecule has 1 unspecified atom stereocenters. The third-order valence-electron chi connectivity index (χ3n) is 5.23. The molecule has 0 aliphatic carbocycles. The van der Waals surface area contributed by atoms with E-state index in [0.717, 1.165) is 4.90 Å². The van der Waals surface area contributed by atoms with Crippen LogP contribution in [0.25, 0.3) is 0 Å². The Labute approximate surface area is 129 Å². The zero-order chi connectivity index (χ0) is 17.0. The lowest BCUT2D eigenvalue weighted by atomic mass is 9.94. The zero-order valence-corrected chi connectivity index (χ0v) is 13.8. The van der Waals surface area contributed by atoms with Gasteiger partial charge in [-0.15, -0.1) is 0 Å². The van der Waals surface area contributed by atoms with Crippen molar-refractivity contribution >= 4 is 23.8 Å². The smallest absolute Gasteiger partial charge is 0.311 e. The number of nitrogens with zero attached hydrogens (tertiary/aromatic N) is 3. The van der Waals surface area contributed by atoms with E-state index in [1.54, 1.807) is 34.9 Å². The number of nitrogens with one attached hydrogen (secondary N) is 1. The lowest BCUT2D eigenvalue weighted by molar-refractivity contribution is -0.142. The summed E-state index contributed by atoms with van der Waals surface area (Å²) in [5.74, 6) is -1.76. The van der Waals surface area contributed by atoms with Gasteiger partial charge in [0.15, 0.2) is 11.3 Å². The predicted octanol–water partition coefficient (Wildman–Crippen LogP) is 0.583. The molecular weight excluding hydrogens is 288 g/mol. The van der Waals surface area contributed by atoms with Crippen molar-refractivity contribution in [1.29, 1.82) is 0 Å². The van der Waals surface area contributed by atoms with E-state index in [1.165, 1.54) is 16.7 Å². The van der Waals surface area contributed by atoms with Gasteiger partial charge >= 0.3 is 12.1 Å². The van der Waals surface area contributed by atoms with Crippen LogP contribution in [0.2, 0.25) is 0 Å². The molecule has 2 aliphatic rings. The molecule has 0 saturated carbocycles. The lowest BCUT2D eigenvalue weighted by Gasteiger charge is -2.41. The van der Waals surface area contributed by atoms with Gasteiger partial charge in [0.2, 0.25) is 5.91 Å². The number of amides is 5. The van der Waals surface area contributed by atoms with Gasteiger partial charge in [0.25, 0.3) is 0 Å². The van der Waals surface area contributed by atoms with Crippen molar-refractivity contribution in [2.75, 3.05) is 14.1 Å². The van der Waals surface area contributed by atoms with Crippen LogP contribution in [0.15, 0.2) is 0 Å². The second-order valence-electron chi connectivity index (χ2n) is 6.17. The molecule has 0 aromatic heterocycles. The highest BCUT2D eigenvalue weighted by Gasteiger charge is 2.71. The first-order valence-corrected chi connectivity index (χ1v) is 7.22. The Morgan fingerprint density at radius 2 is 1.73 bits per heavy atom. The molecule has 1 N–H and O–H groups in total. The largest absolute Gasteiger partial charge is 0.330 e. The van der Waals surface area contributed by atoms with E-state index in [2.05, 4.69) is 5.32 Å². The number of hydrogen-bond acceptors (Lipinski definition) is 4. The Balaban J connectivity index is 2.54. The highest BCUT2D eigenvalue weighted by atomic mass is 16.2. The van der Waals surface area contributed by atoms with E-state index in [1.807, 2.05) is 0 Å². The maximum Gasteiger partial charge on any atom is 0.330 e. The number of likely N-dealkylation sites (N-methyl/N-ethyl adjacent to an activating group) is 2. The predicted molar refractivity (Wildman–Crippen MR) is 77.6 cm³/mol. The maximum atomic E-state index is 12.8. The van der Waals surface area contributed by atoms with Crippen LogP contribution in [0.1, 0.15) is 34.1 Å². The molecule has 8 heteroatoms. The highest BCUT2D eigenvalue weighted by Crippen LogP contribution is 2.45. The number of hydrogen-bond donors (Lipinski definition) is 1. The fourth-order valence-corrected chi connectivity index (χ4v) is 3.39. The second kappa shape index (κ2) is 4.69. The number of urea groups is 2. The molecule has 2 rings (SSSR count). The van der Waals surface area contributed by atoms with E-state index in [4.69, 9.17) is 0 Å². The number of Topliss-reactive ketones (excluding diaryl/α,β-unsaturated/α-hetero) is 1. The Morgan fingerprint density at radius 3 is 2.18 bits per heavy atom. The molecule has 2 fully saturated rings. The van der Waals surface area contributed by atoms with Crippen molar-refractivity contribution in [3.05, 3.63) is 0 Å². The molecule has 5 amide bonds. The average Bonchev–Trinajstić information content (AvgIpc) is 2.68. The van der Waals surface area contributed by atoms with Gasteiger partial charge in [0.05, 0.1) is 5.92 Å². The van der Waals surface area contributed by atoms with E-state index in [9.17, 15) is 19.2 Å². The quantitative estimate of drug-likeness (QED) is 0.772. The molecule has 3 atom stereocenters.